The summed E-state index contributed by atoms with van der Waals surface area (Å²) in [6.45, 7) is 0. The quantitative estimate of drug-likeness (QED) is 0.193. The van der Waals surface area contributed by atoms with Crippen LogP contribution in [-0.4, -0.2) is 15.0 Å². The third-order valence-corrected chi connectivity index (χ3v) is 8.92. The highest BCUT2D eigenvalue weighted by Gasteiger charge is 2.16. The molecule has 0 amide bonds. The van der Waals surface area contributed by atoms with Crippen LogP contribution in [0.3, 0.4) is 0 Å². The van der Waals surface area contributed by atoms with E-state index in [1.54, 1.807) is 0 Å². The van der Waals surface area contributed by atoms with E-state index in [9.17, 15) is 0 Å². The zero-order valence-electron chi connectivity index (χ0n) is 24.9. The molecule has 0 aliphatic rings. The lowest BCUT2D eigenvalue weighted by Crippen LogP contribution is -1.97. The molecule has 2 aromatic heterocycles. The Bertz CT molecular complexity index is 2570. The van der Waals surface area contributed by atoms with Crippen molar-refractivity contribution in [2.75, 3.05) is 0 Å². The molecule has 7 aromatic carbocycles. The normalized spacial score (nSPS) is 11.5. The first-order valence-electron chi connectivity index (χ1n) is 15.5. The number of nitrogens with zero attached hydrogens (tertiary/aromatic N) is 3. The number of rotatable bonds is 4. The van der Waals surface area contributed by atoms with Crippen LogP contribution >= 0.6 is 0 Å². The maximum atomic E-state index is 5.25. The Hall–Kier alpha value is -6.19. The van der Waals surface area contributed by atoms with Gasteiger partial charge in [0.25, 0.3) is 0 Å². The molecule has 0 aliphatic carbocycles. The number of aromatic nitrogens is 3. The summed E-state index contributed by atoms with van der Waals surface area (Å²) in [5.41, 5.74) is 8.20. The van der Waals surface area contributed by atoms with E-state index in [-0.39, 0.29) is 0 Å². The minimum absolute atomic E-state index is 0.699. The molecule has 0 unspecified atom stereocenters. The van der Waals surface area contributed by atoms with Crippen LogP contribution in [0.5, 0.6) is 0 Å². The smallest absolute Gasteiger partial charge is 0.160 e. The predicted octanol–water partition coefficient (Wildman–Crippen LogP) is 11.2. The predicted molar refractivity (Wildman–Crippen MR) is 192 cm³/mol. The molecular weight excluding hydrogens is 558 g/mol. The fourth-order valence-electron chi connectivity index (χ4n) is 6.71. The van der Waals surface area contributed by atoms with Crippen molar-refractivity contribution in [1.29, 1.82) is 0 Å². The molecule has 3 heteroatoms. The van der Waals surface area contributed by atoms with E-state index in [4.69, 9.17) is 9.97 Å². The van der Waals surface area contributed by atoms with Gasteiger partial charge >= 0.3 is 0 Å². The number of hydrogen-bond acceptors (Lipinski definition) is 3. The van der Waals surface area contributed by atoms with Crippen molar-refractivity contribution in [2.45, 2.75) is 0 Å². The van der Waals surface area contributed by atoms with Gasteiger partial charge in [0.05, 0.1) is 16.9 Å². The maximum absolute atomic E-state index is 5.25. The average molecular weight is 586 g/mol. The number of hydrogen-bond donors (Lipinski definition) is 0. The van der Waals surface area contributed by atoms with Gasteiger partial charge in [-0.3, -0.25) is 4.98 Å². The van der Waals surface area contributed by atoms with Gasteiger partial charge in [-0.05, 0) is 67.7 Å². The fraction of sp³-hybridized carbons (Fsp3) is 0. The molecule has 0 saturated carbocycles. The lowest BCUT2D eigenvalue weighted by Gasteiger charge is -2.15. The van der Waals surface area contributed by atoms with Crippen molar-refractivity contribution in [3.63, 3.8) is 0 Å². The summed E-state index contributed by atoms with van der Waals surface area (Å²) in [4.78, 5) is 14.9. The highest BCUT2D eigenvalue weighted by Crippen LogP contribution is 2.39. The lowest BCUT2D eigenvalue weighted by atomic mass is 9.92. The van der Waals surface area contributed by atoms with Crippen molar-refractivity contribution in [2.24, 2.45) is 0 Å². The van der Waals surface area contributed by atoms with Crippen molar-refractivity contribution in [1.82, 2.24) is 15.0 Å². The highest BCUT2D eigenvalue weighted by atomic mass is 14.9. The van der Waals surface area contributed by atoms with E-state index in [1.807, 2.05) is 18.3 Å². The van der Waals surface area contributed by atoms with Gasteiger partial charge in [-0.25, -0.2) is 9.97 Å². The highest BCUT2D eigenvalue weighted by molar-refractivity contribution is 6.23. The Morgan fingerprint density at radius 1 is 0.370 bits per heavy atom. The molecule has 9 aromatic rings. The second-order valence-corrected chi connectivity index (χ2v) is 11.6. The summed E-state index contributed by atoms with van der Waals surface area (Å²) >= 11 is 0. The van der Waals surface area contributed by atoms with Gasteiger partial charge in [-0.2, -0.15) is 0 Å². The Kier molecular flexibility index (Phi) is 6.14. The fourth-order valence-corrected chi connectivity index (χ4v) is 6.71. The second-order valence-electron chi connectivity index (χ2n) is 11.6. The average Bonchev–Trinajstić information content (AvgIpc) is 3.14. The Labute approximate surface area is 266 Å². The van der Waals surface area contributed by atoms with Crippen molar-refractivity contribution in [3.05, 3.63) is 164 Å². The third kappa shape index (κ3) is 4.41. The zero-order chi connectivity index (χ0) is 30.5. The van der Waals surface area contributed by atoms with E-state index < -0.39 is 0 Å². The number of fused-ring (bicyclic) bond motifs is 6. The summed E-state index contributed by atoms with van der Waals surface area (Å²) in [7, 11) is 0. The van der Waals surface area contributed by atoms with Crippen molar-refractivity contribution < 1.29 is 0 Å². The summed E-state index contributed by atoms with van der Waals surface area (Å²) in [5, 5.41) is 8.51. The molecule has 0 aliphatic heterocycles. The van der Waals surface area contributed by atoms with Crippen LogP contribution in [-0.2, 0) is 0 Å². The largest absolute Gasteiger partial charge is 0.256 e. The zero-order valence-corrected chi connectivity index (χ0v) is 24.9. The Morgan fingerprint density at radius 2 is 1.02 bits per heavy atom. The summed E-state index contributed by atoms with van der Waals surface area (Å²) in [6, 6.07) is 55.5. The van der Waals surface area contributed by atoms with Crippen LogP contribution in [0.15, 0.2) is 164 Å². The molecule has 0 N–H and O–H groups in total. The minimum atomic E-state index is 0.699. The summed E-state index contributed by atoms with van der Waals surface area (Å²) in [5.74, 6) is 0.699. The van der Waals surface area contributed by atoms with Gasteiger partial charge in [0, 0.05) is 28.3 Å². The van der Waals surface area contributed by atoms with E-state index in [0.29, 0.717) is 5.82 Å². The number of pyridine rings is 1. The number of benzene rings is 7. The molecule has 0 bridgehead atoms. The van der Waals surface area contributed by atoms with Crippen molar-refractivity contribution >= 4 is 43.2 Å². The van der Waals surface area contributed by atoms with E-state index in [2.05, 4.69) is 151 Å². The standard InChI is InChI=1S/C43H27N3/c1-2-11-30(12-3-1)40-27-41(38-26-32-23-20-28-10-4-5-13-34(28)42(32)37-16-7-6-14-35(37)38)46-43(45-40)31-21-18-29(19-22-31)33-24-25-44-39-17-9-8-15-36(33)39/h1-27H. The first-order valence-corrected chi connectivity index (χ1v) is 15.5. The van der Waals surface area contributed by atoms with Gasteiger partial charge in [0.1, 0.15) is 0 Å². The molecule has 3 nitrogen and oxygen atoms in total. The lowest BCUT2D eigenvalue weighted by molar-refractivity contribution is 1.19. The molecule has 0 fully saturated rings. The Balaban J connectivity index is 1.24. The first-order chi connectivity index (χ1) is 22.8. The van der Waals surface area contributed by atoms with Gasteiger partial charge < -0.3 is 0 Å². The first kappa shape index (κ1) is 26.2. The molecule has 9 rings (SSSR count). The SMILES string of the molecule is c1ccc(-c2cc(-c3cc4ccc5ccccc5c4c4ccccc34)nc(-c3ccc(-c4ccnc5ccccc45)cc3)n2)cc1. The Morgan fingerprint density at radius 3 is 1.87 bits per heavy atom. The topological polar surface area (TPSA) is 38.7 Å². The van der Waals surface area contributed by atoms with Crippen LogP contribution in [0.2, 0.25) is 0 Å². The molecule has 214 valence electrons. The molecule has 0 saturated heterocycles. The molecule has 0 radical (unpaired) electrons. The van der Waals surface area contributed by atoms with Crippen LogP contribution in [0.4, 0.5) is 0 Å². The minimum Gasteiger partial charge on any atom is -0.256 e. The molecule has 46 heavy (non-hydrogen) atoms. The molecule has 0 atom stereocenters. The summed E-state index contributed by atoms with van der Waals surface area (Å²) in [6.07, 6.45) is 1.88. The monoisotopic (exact) mass is 585 g/mol. The van der Waals surface area contributed by atoms with Gasteiger partial charge in [-0.15, -0.1) is 0 Å². The van der Waals surface area contributed by atoms with E-state index >= 15 is 0 Å². The van der Waals surface area contributed by atoms with Crippen LogP contribution in [0.1, 0.15) is 0 Å². The molecule has 2 heterocycles. The third-order valence-electron chi connectivity index (χ3n) is 8.92. The van der Waals surface area contributed by atoms with Crippen LogP contribution in [0.25, 0.3) is 88.2 Å². The van der Waals surface area contributed by atoms with Crippen molar-refractivity contribution in [3.8, 4) is 45.0 Å². The van der Waals surface area contributed by atoms with Crippen LogP contribution in [0, 0.1) is 0 Å². The van der Waals surface area contributed by atoms with E-state index in [1.165, 1.54) is 32.3 Å². The van der Waals surface area contributed by atoms with Gasteiger partial charge in [0.15, 0.2) is 5.82 Å². The maximum Gasteiger partial charge on any atom is 0.160 e. The van der Waals surface area contributed by atoms with Gasteiger partial charge in [-0.1, -0.05) is 133 Å². The van der Waals surface area contributed by atoms with Gasteiger partial charge in [0.2, 0.25) is 0 Å². The number of para-hydroxylation sites is 1. The van der Waals surface area contributed by atoms with Crippen LogP contribution < -0.4 is 0 Å². The molecular formula is C43H27N3. The summed E-state index contributed by atoms with van der Waals surface area (Å²) < 4.78 is 0. The second kappa shape index (κ2) is 10.8. The molecule has 0 spiro atoms. The van der Waals surface area contributed by atoms with E-state index in [0.717, 1.165) is 50.1 Å².